The molecule has 1 amide bonds. The van der Waals surface area contributed by atoms with E-state index >= 15 is 0 Å². The van der Waals surface area contributed by atoms with Crippen molar-refractivity contribution in [3.63, 3.8) is 0 Å². The van der Waals surface area contributed by atoms with Gasteiger partial charge < -0.3 is 5.11 Å². The maximum atomic E-state index is 11.8. The predicted molar refractivity (Wildman–Crippen MR) is 58.7 cm³/mol. The zero-order valence-corrected chi connectivity index (χ0v) is 9.06. The highest BCUT2D eigenvalue weighted by Gasteiger charge is 2.17. The fraction of sp³-hybridized carbons (Fsp3) is 0.417. The number of amides is 1. The Morgan fingerprint density at radius 2 is 2.31 bits per heavy atom. The first-order valence-corrected chi connectivity index (χ1v) is 5.47. The van der Waals surface area contributed by atoms with Gasteiger partial charge in [0.25, 0.3) is 5.91 Å². The third-order valence-electron chi connectivity index (χ3n) is 2.55. The van der Waals surface area contributed by atoms with E-state index in [9.17, 15) is 9.90 Å². The highest BCUT2D eigenvalue weighted by atomic mass is 16.7. The summed E-state index contributed by atoms with van der Waals surface area (Å²) in [5.41, 5.74) is 0.805. The number of aromatic hydroxyl groups is 1. The minimum absolute atomic E-state index is 0.0506. The maximum Gasteiger partial charge on any atom is 0.250 e. The zero-order chi connectivity index (χ0) is 11.4. The van der Waals surface area contributed by atoms with E-state index in [0.717, 1.165) is 18.4 Å². The molecule has 0 radical (unpaired) electrons. The summed E-state index contributed by atoms with van der Waals surface area (Å²) < 4.78 is 0. The molecule has 1 saturated heterocycles. The molecule has 16 heavy (non-hydrogen) atoms. The molecule has 0 saturated carbocycles. The molecule has 2 rings (SSSR count). The zero-order valence-electron chi connectivity index (χ0n) is 9.06. The smallest absolute Gasteiger partial charge is 0.250 e. The number of hydrogen-bond acceptors (Lipinski definition) is 3. The van der Waals surface area contributed by atoms with Gasteiger partial charge in [0.15, 0.2) is 0 Å². The summed E-state index contributed by atoms with van der Waals surface area (Å²) in [7, 11) is 0. The van der Waals surface area contributed by atoms with Crippen LogP contribution in [0.5, 0.6) is 5.75 Å². The van der Waals surface area contributed by atoms with Crippen LogP contribution in [0.1, 0.15) is 18.4 Å². The summed E-state index contributed by atoms with van der Waals surface area (Å²) in [5.74, 6) is 0.134. The van der Waals surface area contributed by atoms with E-state index in [4.69, 9.17) is 4.84 Å². The molecule has 1 aliphatic rings. The van der Waals surface area contributed by atoms with Crippen LogP contribution in [0.15, 0.2) is 24.3 Å². The number of benzene rings is 1. The number of hydrogen-bond donors (Lipinski definition) is 1. The Morgan fingerprint density at radius 1 is 1.44 bits per heavy atom. The second kappa shape index (κ2) is 4.99. The summed E-state index contributed by atoms with van der Waals surface area (Å²) in [5, 5.41) is 10.7. The summed E-state index contributed by atoms with van der Waals surface area (Å²) >= 11 is 0. The lowest BCUT2D eigenvalue weighted by Crippen LogP contribution is -2.36. The van der Waals surface area contributed by atoms with Gasteiger partial charge in [0.1, 0.15) is 5.75 Å². The Morgan fingerprint density at radius 3 is 3.00 bits per heavy atom. The third-order valence-corrected chi connectivity index (χ3v) is 2.55. The van der Waals surface area contributed by atoms with Crippen molar-refractivity contribution in [2.75, 3.05) is 13.2 Å². The molecular weight excluding hydrogens is 206 g/mol. The number of rotatable bonds is 2. The van der Waals surface area contributed by atoms with Crippen LogP contribution in [0.2, 0.25) is 0 Å². The second-order valence-corrected chi connectivity index (χ2v) is 3.88. The molecule has 4 nitrogen and oxygen atoms in total. The molecule has 0 spiro atoms. The molecule has 0 unspecified atom stereocenters. The van der Waals surface area contributed by atoms with Gasteiger partial charge in [-0.3, -0.25) is 9.63 Å². The van der Waals surface area contributed by atoms with E-state index < -0.39 is 0 Å². The minimum atomic E-state index is -0.0506. The van der Waals surface area contributed by atoms with Gasteiger partial charge in [0, 0.05) is 6.54 Å². The monoisotopic (exact) mass is 221 g/mol. The molecule has 1 aromatic carbocycles. The topological polar surface area (TPSA) is 49.8 Å². The van der Waals surface area contributed by atoms with Crippen molar-refractivity contribution < 1.29 is 14.7 Å². The quantitative estimate of drug-likeness (QED) is 0.823. The summed E-state index contributed by atoms with van der Waals surface area (Å²) in [4.78, 5) is 17.1. The van der Waals surface area contributed by atoms with Crippen LogP contribution in [0, 0.1) is 0 Å². The van der Waals surface area contributed by atoms with Crippen molar-refractivity contribution in [3.8, 4) is 5.75 Å². The number of hydroxylamine groups is 2. The minimum Gasteiger partial charge on any atom is -0.508 e. The Kier molecular flexibility index (Phi) is 3.41. The molecular formula is C12H15NO3. The van der Waals surface area contributed by atoms with Crippen molar-refractivity contribution >= 4 is 5.91 Å². The molecule has 1 aromatic rings. The second-order valence-electron chi connectivity index (χ2n) is 3.88. The highest BCUT2D eigenvalue weighted by Crippen LogP contribution is 2.13. The SMILES string of the molecule is O=C(Cc1cccc(O)c1)N1CCCCO1. The van der Waals surface area contributed by atoms with Gasteiger partial charge in [-0.15, -0.1) is 0 Å². The van der Waals surface area contributed by atoms with Gasteiger partial charge in [0.05, 0.1) is 13.0 Å². The summed E-state index contributed by atoms with van der Waals surface area (Å²) in [6, 6.07) is 6.74. The fourth-order valence-corrected chi connectivity index (χ4v) is 1.72. The van der Waals surface area contributed by atoms with Crippen molar-refractivity contribution in [1.82, 2.24) is 5.06 Å². The molecule has 1 N–H and O–H groups in total. The molecule has 0 aliphatic carbocycles. The maximum absolute atomic E-state index is 11.8. The predicted octanol–water partition coefficient (Wildman–Crippen LogP) is 1.49. The van der Waals surface area contributed by atoms with Crippen LogP contribution in [-0.4, -0.2) is 29.2 Å². The first kappa shape index (κ1) is 11.0. The normalized spacial score (nSPS) is 16.1. The van der Waals surface area contributed by atoms with Gasteiger partial charge in [-0.05, 0) is 30.5 Å². The van der Waals surface area contributed by atoms with Crippen LogP contribution in [0.3, 0.4) is 0 Å². The van der Waals surface area contributed by atoms with Crippen molar-refractivity contribution in [3.05, 3.63) is 29.8 Å². The molecule has 1 fully saturated rings. The van der Waals surface area contributed by atoms with E-state index in [1.165, 1.54) is 5.06 Å². The largest absolute Gasteiger partial charge is 0.508 e. The van der Waals surface area contributed by atoms with Crippen molar-refractivity contribution in [2.45, 2.75) is 19.3 Å². The lowest BCUT2D eigenvalue weighted by Gasteiger charge is -2.25. The van der Waals surface area contributed by atoms with Crippen LogP contribution in [0.25, 0.3) is 0 Å². The van der Waals surface area contributed by atoms with E-state index in [1.807, 2.05) is 6.07 Å². The highest BCUT2D eigenvalue weighted by molar-refractivity contribution is 5.77. The van der Waals surface area contributed by atoms with E-state index in [1.54, 1.807) is 18.2 Å². The molecule has 4 heteroatoms. The van der Waals surface area contributed by atoms with Crippen LogP contribution in [-0.2, 0) is 16.1 Å². The number of carbonyl (C=O) groups excluding carboxylic acids is 1. The Hall–Kier alpha value is -1.55. The van der Waals surface area contributed by atoms with Gasteiger partial charge in [-0.1, -0.05) is 12.1 Å². The average molecular weight is 221 g/mol. The Labute approximate surface area is 94.4 Å². The van der Waals surface area contributed by atoms with Gasteiger partial charge in [-0.2, -0.15) is 0 Å². The van der Waals surface area contributed by atoms with Crippen molar-refractivity contribution in [2.24, 2.45) is 0 Å². The average Bonchev–Trinajstić information content (AvgIpc) is 2.30. The van der Waals surface area contributed by atoms with E-state index in [2.05, 4.69) is 0 Å². The lowest BCUT2D eigenvalue weighted by atomic mass is 10.1. The molecule has 1 heterocycles. The van der Waals surface area contributed by atoms with Crippen LogP contribution in [0.4, 0.5) is 0 Å². The molecule has 0 aromatic heterocycles. The molecule has 1 aliphatic heterocycles. The summed E-state index contributed by atoms with van der Waals surface area (Å²) in [6.45, 7) is 1.28. The van der Waals surface area contributed by atoms with E-state index in [0.29, 0.717) is 13.2 Å². The van der Waals surface area contributed by atoms with Gasteiger partial charge >= 0.3 is 0 Å². The molecule has 0 atom stereocenters. The van der Waals surface area contributed by atoms with Crippen LogP contribution < -0.4 is 0 Å². The van der Waals surface area contributed by atoms with Gasteiger partial charge in [0.2, 0.25) is 0 Å². The lowest BCUT2D eigenvalue weighted by molar-refractivity contribution is -0.196. The number of phenols is 1. The van der Waals surface area contributed by atoms with Gasteiger partial charge in [-0.25, -0.2) is 5.06 Å². The molecule has 86 valence electrons. The fourth-order valence-electron chi connectivity index (χ4n) is 1.72. The number of carbonyl (C=O) groups is 1. The van der Waals surface area contributed by atoms with E-state index in [-0.39, 0.29) is 18.1 Å². The van der Waals surface area contributed by atoms with Crippen molar-refractivity contribution in [1.29, 1.82) is 0 Å². The number of nitrogens with zero attached hydrogens (tertiary/aromatic N) is 1. The first-order valence-electron chi connectivity index (χ1n) is 5.47. The Bertz CT molecular complexity index is 372. The summed E-state index contributed by atoms with van der Waals surface area (Å²) in [6.07, 6.45) is 2.27. The molecule has 0 bridgehead atoms. The first-order chi connectivity index (χ1) is 7.75. The standard InChI is InChI=1S/C12H15NO3/c14-11-5-3-4-10(8-11)9-12(15)13-6-1-2-7-16-13/h3-5,8,14H,1-2,6-7,9H2. The van der Waals surface area contributed by atoms with Crippen LogP contribution >= 0.6 is 0 Å². The number of phenolic OH excluding ortho intramolecular Hbond substituents is 1. The Balaban J connectivity index is 1.96. The third kappa shape index (κ3) is 2.73.